The van der Waals surface area contributed by atoms with E-state index in [2.05, 4.69) is 15.9 Å². The molecule has 0 radical (unpaired) electrons. The molecule has 2 aromatic rings. The molecule has 4 rings (SSSR count). The number of rotatable bonds is 1. The van der Waals surface area contributed by atoms with E-state index in [4.69, 9.17) is 0 Å². The minimum Gasteiger partial charge on any atom is -0.293 e. The van der Waals surface area contributed by atoms with Crippen molar-refractivity contribution >= 4 is 39.2 Å². The number of benzene rings is 2. The fraction of sp³-hybridized carbons (Fsp3) is 0.118. The summed E-state index contributed by atoms with van der Waals surface area (Å²) in [5.41, 5.74) is 2.66. The number of alkyl halides is 1. The van der Waals surface area contributed by atoms with E-state index in [1.165, 1.54) is 4.90 Å². The van der Waals surface area contributed by atoms with Gasteiger partial charge in [0.2, 0.25) is 0 Å². The van der Waals surface area contributed by atoms with Gasteiger partial charge in [-0.25, -0.2) is 4.90 Å². The summed E-state index contributed by atoms with van der Waals surface area (Å²) >= 11 is 3.35. The molecule has 0 bridgehead atoms. The number of Topliss-reactive ketones (excluding diaryl/α,β-unsaturated/α-hetero) is 1. The van der Waals surface area contributed by atoms with Crippen molar-refractivity contribution in [3.63, 3.8) is 0 Å². The van der Waals surface area contributed by atoms with Gasteiger partial charge in [-0.2, -0.15) is 0 Å². The van der Waals surface area contributed by atoms with Gasteiger partial charge in [-0.1, -0.05) is 40.2 Å². The number of halogens is 1. The fourth-order valence-electron chi connectivity index (χ4n) is 3.08. The Morgan fingerprint density at radius 1 is 0.864 bits per heavy atom. The predicted molar refractivity (Wildman–Crippen MR) is 84.8 cm³/mol. The first-order valence-electron chi connectivity index (χ1n) is 6.87. The van der Waals surface area contributed by atoms with Gasteiger partial charge in [0, 0.05) is 5.56 Å². The molecule has 2 aromatic carbocycles. The van der Waals surface area contributed by atoms with Crippen LogP contribution >= 0.6 is 15.9 Å². The van der Waals surface area contributed by atoms with Crippen LogP contribution in [0.3, 0.4) is 0 Å². The van der Waals surface area contributed by atoms with Gasteiger partial charge in [0.05, 0.1) is 21.6 Å². The number of fused-ring (bicyclic) bond motifs is 2. The largest absolute Gasteiger partial charge is 0.293 e. The highest BCUT2D eigenvalue weighted by Crippen LogP contribution is 2.37. The van der Waals surface area contributed by atoms with Gasteiger partial charge in [-0.05, 0) is 30.2 Å². The van der Waals surface area contributed by atoms with Gasteiger partial charge in [0.15, 0.2) is 5.78 Å². The second kappa shape index (κ2) is 4.61. The maximum atomic E-state index is 12.6. The van der Waals surface area contributed by atoms with E-state index in [9.17, 15) is 14.4 Å². The van der Waals surface area contributed by atoms with Crippen molar-refractivity contribution in [1.29, 1.82) is 0 Å². The van der Waals surface area contributed by atoms with Gasteiger partial charge in [-0.3, -0.25) is 14.4 Å². The summed E-state index contributed by atoms with van der Waals surface area (Å²) in [7, 11) is 0. The zero-order valence-corrected chi connectivity index (χ0v) is 13.0. The van der Waals surface area contributed by atoms with E-state index >= 15 is 0 Å². The SMILES string of the molecule is O=C1c2cccc(N3C(=O)c4ccccc4C3=O)c2CC1Br. The Labute approximate surface area is 134 Å². The van der Waals surface area contributed by atoms with E-state index < -0.39 is 0 Å². The molecule has 1 aliphatic heterocycles. The van der Waals surface area contributed by atoms with Gasteiger partial charge in [0.1, 0.15) is 0 Å². The molecule has 5 heteroatoms. The topological polar surface area (TPSA) is 54.5 Å². The lowest BCUT2D eigenvalue weighted by atomic mass is 10.1. The van der Waals surface area contributed by atoms with Crippen LogP contribution in [0.1, 0.15) is 36.6 Å². The molecular formula is C17H10BrNO3. The lowest BCUT2D eigenvalue weighted by Gasteiger charge is -2.17. The molecule has 0 spiro atoms. The predicted octanol–water partition coefficient (Wildman–Crippen LogP) is 2.99. The summed E-state index contributed by atoms with van der Waals surface area (Å²) in [5, 5.41) is 0. The van der Waals surface area contributed by atoms with Crippen LogP contribution in [0.2, 0.25) is 0 Å². The normalized spacial score (nSPS) is 19.6. The molecule has 2 amide bonds. The third-order valence-corrected chi connectivity index (χ3v) is 4.86. The molecule has 22 heavy (non-hydrogen) atoms. The second-order valence-corrected chi connectivity index (χ2v) is 6.44. The Bertz CT molecular complexity index is 824. The van der Waals surface area contributed by atoms with E-state index in [0.29, 0.717) is 28.8 Å². The number of anilines is 1. The first-order valence-corrected chi connectivity index (χ1v) is 7.79. The van der Waals surface area contributed by atoms with Crippen molar-refractivity contribution < 1.29 is 14.4 Å². The fourth-order valence-corrected chi connectivity index (χ4v) is 3.65. The Morgan fingerprint density at radius 3 is 2.09 bits per heavy atom. The van der Waals surface area contributed by atoms with E-state index in [0.717, 1.165) is 5.56 Å². The summed E-state index contributed by atoms with van der Waals surface area (Å²) in [4.78, 5) is 38.2. The number of hydrogen-bond acceptors (Lipinski definition) is 3. The maximum absolute atomic E-state index is 12.6. The highest BCUT2D eigenvalue weighted by atomic mass is 79.9. The Hall–Kier alpha value is -2.27. The van der Waals surface area contributed by atoms with E-state index in [1.807, 2.05) is 0 Å². The monoisotopic (exact) mass is 355 g/mol. The molecular weight excluding hydrogens is 346 g/mol. The van der Waals surface area contributed by atoms with Crippen molar-refractivity contribution in [3.05, 3.63) is 64.7 Å². The van der Waals surface area contributed by atoms with Crippen LogP contribution in [0, 0.1) is 0 Å². The lowest BCUT2D eigenvalue weighted by Crippen LogP contribution is -2.30. The Morgan fingerprint density at radius 2 is 1.45 bits per heavy atom. The molecule has 1 atom stereocenters. The number of ketones is 1. The third-order valence-electron chi connectivity index (χ3n) is 4.12. The molecule has 0 N–H and O–H groups in total. The molecule has 108 valence electrons. The number of nitrogens with zero attached hydrogens (tertiary/aromatic N) is 1. The number of carbonyl (C=O) groups is 3. The van der Waals surface area contributed by atoms with Crippen molar-refractivity contribution in [2.45, 2.75) is 11.2 Å². The average molecular weight is 356 g/mol. The molecule has 0 saturated heterocycles. The van der Waals surface area contributed by atoms with E-state index in [1.54, 1.807) is 42.5 Å². The van der Waals surface area contributed by atoms with Crippen LogP contribution in [0.25, 0.3) is 0 Å². The van der Waals surface area contributed by atoms with Gasteiger partial charge >= 0.3 is 0 Å². The molecule has 0 fully saturated rings. The zero-order valence-electron chi connectivity index (χ0n) is 11.4. The Kier molecular flexibility index (Phi) is 2.81. The summed E-state index contributed by atoms with van der Waals surface area (Å²) < 4.78 is 0. The molecule has 2 aliphatic rings. The highest BCUT2D eigenvalue weighted by molar-refractivity contribution is 9.10. The molecule has 4 nitrogen and oxygen atoms in total. The quantitative estimate of drug-likeness (QED) is 0.583. The minimum absolute atomic E-state index is 0.00606. The summed E-state index contributed by atoms with van der Waals surface area (Å²) in [6.45, 7) is 0. The van der Waals surface area contributed by atoms with Crippen molar-refractivity contribution in [2.75, 3.05) is 4.90 Å². The lowest BCUT2D eigenvalue weighted by molar-refractivity contribution is 0.0924. The first-order chi connectivity index (χ1) is 10.6. The van der Waals surface area contributed by atoms with Gasteiger partial charge in [-0.15, -0.1) is 0 Å². The van der Waals surface area contributed by atoms with Crippen LogP contribution in [-0.2, 0) is 6.42 Å². The average Bonchev–Trinajstić information content (AvgIpc) is 2.96. The number of imide groups is 1. The van der Waals surface area contributed by atoms with Crippen LogP contribution in [-0.4, -0.2) is 22.4 Å². The molecule has 0 saturated carbocycles. The standard InChI is InChI=1S/C17H10BrNO3/c18-13-8-12-9(15(13)20)6-3-7-14(12)19-16(21)10-4-1-2-5-11(10)17(19)22/h1-7,13H,8H2. The van der Waals surface area contributed by atoms with Gasteiger partial charge in [0.25, 0.3) is 11.8 Å². The molecule has 1 heterocycles. The van der Waals surface area contributed by atoms with Crippen molar-refractivity contribution in [1.82, 2.24) is 0 Å². The van der Waals surface area contributed by atoms with Crippen LogP contribution < -0.4 is 4.90 Å². The van der Waals surface area contributed by atoms with Crippen LogP contribution in [0.15, 0.2) is 42.5 Å². The summed E-state index contributed by atoms with van der Waals surface area (Å²) in [5.74, 6) is -0.674. The minimum atomic E-state index is -0.334. The Balaban J connectivity index is 1.88. The number of carbonyl (C=O) groups excluding carboxylic acids is 3. The zero-order chi connectivity index (χ0) is 15.4. The summed E-state index contributed by atoms with van der Waals surface area (Å²) in [6.07, 6.45) is 0.484. The molecule has 1 aliphatic carbocycles. The molecule has 1 unspecified atom stereocenters. The number of amides is 2. The second-order valence-electron chi connectivity index (χ2n) is 5.33. The maximum Gasteiger partial charge on any atom is 0.266 e. The van der Waals surface area contributed by atoms with Crippen molar-refractivity contribution in [3.8, 4) is 0 Å². The number of hydrogen-bond donors (Lipinski definition) is 0. The summed E-state index contributed by atoms with van der Waals surface area (Å²) in [6, 6.07) is 11.9. The third kappa shape index (κ3) is 1.66. The first kappa shape index (κ1) is 13.4. The molecule has 0 aromatic heterocycles. The smallest absolute Gasteiger partial charge is 0.266 e. The van der Waals surface area contributed by atoms with Gasteiger partial charge < -0.3 is 0 Å². The van der Waals surface area contributed by atoms with Crippen LogP contribution in [0.4, 0.5) is 5.69 Å². The van der Waals surface area contributed by atoms with Crippen LogP contribution in [0.5, 0.6) is 0 Å². The van der Waals surface area contributed by atoms with E-state index in [-0.39, 0.29) is 22.4 Å². The highest BCUT2D eigenvalue weighted by Gasteiger charge is 2.40. The van der Waals surface area contributed by atoms with Crippen molar-refractivity contribution in [2.24, 2.45) is 0 Å².